The molecule has 1 rings (SSSR count). The third-order valence-electron chi connectivity index (χ3n) is 1.18. The van der Waals surface area contributed by atoms with Gasteiger partial charge >= 0.3 is 0 Å². The van der Waals surface area contributed by atoms with Crippen LogP contribution in [-0.2, 0) is 6.54 Å². The van der Waals surface area contributed by atoms with Gasteiger partial charge in [-0.25, -0.2) is 0 Å². The van der Waals surface area contributed by atoms with Gasteiger partial charge in [-0.1, -0.05) is 0 Å². The van der Waals surface area contributed by atoms with Gasteiger partial charge in [0.1, 0.15) is 5.76 Å². The molecular weight excluding hydrogens is 229 g/mol. The highest BCUT2D eigenvalue weighted by Crippen LogP contribution is 2.14. The standard InChI is InChI=1S/C6H8INO/c1-4-2-6(7)9-5(4)3-8/h2H,3,8H2,1H3. The molecule has 0 saturated heterocycles. The van der Waals surface area contributed by atoms with Crippen LogP contribution in [0.25, 0.3) is 0 Å². The van der Waals surface area contributed by atoms with Crippen LogP contribution in [-0.4, -0.2) is 0 Å². The highest BCUT2D eigenvalue weighted by molar-refractivity contribution is 14.1. The van der Waals surface area contributed by atoms with Gasteiger partial charge in [-0.2, -0.15) is 0 Å². The van der Waals surface area contributed by atoms with E-state index in [1.807, 2.05) is 13.0 Å². The zero-order valence-electron chi connectivity index (χ0n) is 5.15. The molecule has 2 N–H and O–H groups in total. The molecule has 0 unspecified atom stereocenters. The zero-order chi connectivity index (χ0) is 6.85. The average Bonchev–Trinajstić information content (AvgIpc) is 2.10. The summed E-state index contributed by atoms with van der Waals surface area (Å²) in [5.41, 5.74) is 6.51. The van der Waals surface area contributed by atoms with E-state index >= 15 is 0 Å². The van der Waals surface area contributed by atoms with Crippen molar-refractivity contribution in [1.29, 1.82) is 0 Å². The monoisotopic (exact) mass is 237 g/mol. The van der Waals surface area contributed by atoms with Crippen LogP contribution >= 0.6 is 22.6 Å². The highest BCUT2D eigenvalue weighted by Gasteiger charge is 2.01. The maximum Gasteiger partial charge on any atom is 0.164 e. The van der Waals surface area contributed by atoms with Crippen LogP contribution in [0.3, 0.4) is 0 Å². The Labute approximate surface area is 67.6 Å². The van der Waals surface area contributed by atoms with Crippen molar-refractivity contribution in [2.75, 3.05) is 0 Å². The first-order valence-electron chi connectivity index (χ1n) is 2.69. The Morgan fingerprint density at radius 1 is 1.78 bits per heavy atom. The van der Waals surface area contributed by atoms with Crippen LogP contribution in [0, 0.1) is 10.7 Å². The maximum absolute atomic E-state index is 5.37. The molecule has 1 heterocycles. The predicted octanol–water partition coefficient (Wildman–Crippen LogP) is 1.65. The fraction of sp³-hybridized carbons (Fsp3) is 0.333. The molecule has 2 nitrogen and oxygen atoms in total. The molecule has 0 aliphatic carbocycles. The minimum atomic E-state index is 0.495. The van der Waals surface area contributed by atoms with Crippen molar-refractivity contribution in [3.63, 3.8) is 0 Å². The normalized spacial score (nSPS) is 10.1. The molecule has 0 aliphatic rings. The minimum Gasteiger partial charge on any atom is -0.454 e. The lowest BCUT2D eigenvalue weighted by molar-refractivity contribution is 0.485. The molecule has 1 aromatic rings. The molecule has 1 aromatic heterocycles. The number of hydrogen-bond acceptors (Lipinski definition) is 2. The first kappa shape index (κ1) is 7.08. The van der Waals surface area contributed by atoms with E-state index in [9.17, 15) is 0 Å². The van der Waals surface area contributed by atoms with E-state index in [2.05, 4.69) is 22.6 Å². The summed E-state index contributed by atoms with van der Waals surface area (Å²) in [4.78, 5) is 0. The highest BCUT2D eigenvalue weighted by atomic mass is 127. The Morgan fingerprint density at radius 2 is 2.44 bits per heavy atom. The van der Waals surface area contributed by atoms with E-state index in [1.165, 1.54) is 0 Å². The summed E-state index contributed by atoms with van der Waals surface area (Å²) in [5, 5.41) is 0. The number of aryl methyl sites for hydroxylation is 1. The van der Waals surface area contributed by atoms with Crippen molar-refractivity contribution in [2.24, 2.45) is 5.73 Å². The summed E-state index contributed by atoms with van der Waals surface area (Å²) in [6.07, 6.45) is 0. The number of furan rings is 1. The molecular formula is C6H8INO. The van der Waals surface area contributed by atoms with Crippen molar-refractivity contribution >= 4 is 22.6 Å². The van der Waals surface area contributed by atoms with Crippen LogP contribution in [0.5, 0.6) is 0 Å². The number of rotatable bonds is 1. The first-order valence-corrected chi connectivity index (χ1v) is 3.77. The van der Waals surface area contributed by atoms with E-state index in [4.69, 9.17) is 10.2 Å². The SMILES string of the molecule is Cc1cc(I)oc1CN. The van der Waals surface area contributed by atoms with E-state index < -0.39 is 0 Å². The summed E-state index contributed by atoms with van der Waals surface area (Å²) in [6.45, 7) is 2.49. The lowest BCUT2D eigenvalue weighted by atomic mass is 10.3. The fourth-order valence-electron chi connectivity index (χ4n) is 0.681. The third kappa shape index (κ3) is 1.46. The van der Waals surface area contributed by atoms with Crippen LogP contribution < -0.4 is 5.73 Å². The molecule has 0 aromatic carbocycles. The van der Waals surface area contributed by atoms with Crippen molar-refractivity contribution in [3.8, 4) is 0 Å². The van der Waals surface area contributed by atoms with Gasteiger partial charge in [0.2, 0.25) is 0 Å². The van der Waals surface area contributed by atoms with Crippen LogP contribution in [0.4, 0.5) is 0 Å². The summed E-state index contributed by atoms with van der Waals surface area (Å²) in [5.74, 6) is 0.888. The first-order chi connectivity index (χ1) is 4.24. The lowest BCUT2D eigenvalue weighted by Crippen LogP contribution is -1.95. The van der Waals surface area contributed by atoms with Crippen molar-refractivity contribution < 1.29 is 4.42 Å². The van der Waals surface area contributed by atoms with Gasteiger partial charge in [0.15, 0.2) is 3.77 Å². The Balaban J connectivity index is 3.01. The molecule has 0 fully saturated rings. The quantitative estimate of drug-likeness (QED) is 0.754. The number of halogens is 1. The second-order valence-corrected chi connectivity index (χ2v) is 2.92. The molecule has 0 radical (unpaired) electrons. The van der Waals surface area contributed by atoms with E-state index in [1.54, 1.807) is 0 Å². The lowest BCUT2D eigenvalue weighted by Gasteiger charge is -1.87. The van der Waals surface area contributed by atoms with Gasteiger partial charge < -0.3 is 10.2 Å². The van der Waals surface area contributed by atoms with Gasteiger partial charge in [0.05, 0.1) is 6.54 Å². The number of nitrogens with two attached hydrogens (primary N) is 1. The molecule has 3 heteroatoms. The van der Waals surface area contributed by atoms with Gasteiger partial charge in [-0.05, 0) is 41.1 Å². The van der Waals surface area contributed by atoms with Gasteiger partial charge in [0, 0.05) is 0 Å². The van der Waals surface area contributed by atoms with Crippen LogP contribution in [0.1, 0.15) is 11.3 Å². The van der Waals surface area contributed by atoms with Gasteiger partial charge in [-0.3, -0.25) is 0 Å². The third-order valence-corrected chi connectivity index (χ3v) is 1.71. The Hall–Kier alpha value is -0.0300. The Bertz CT molecular complexity index is 207. The fourth-order valence-corrected chi connectivity index (χ4v) is 1.41. The molecule has 0 spiro atoms. The van der Waals surface area contributed by atoms with Crippen molar-refractivity contribution in [1.82, 2.24) is 0 Å². The van der Waals surface area contributed by atoms with E-state index in [-0.39, 0.29) is 0 Å². The van der Waals surface area contributed by atoms with Crippen molar-refractivity contribution in [2.45, 2.75) is 13.5 Å². The summed E-state index contributed by atoms with van der Waals surface area (Å²) in [7, 11) is 0. The Morgan fingerprint density at radius 3 is 2.67 bits per heavy atom. The minimum absolute atomic E-state index is 0.495. The Kier molecular flexibility index (Phi) is 2.13. The molecule has 0 saturated carbocycles. The smallest absolute Gasteiger partial charge is 0.164 e. The van der Waals surface area contributed by atoms with E-state index in [0.717, 1.165) is 15.1 Å². The largest absolute Gasteiger partial charge is 0.454 e. The average molecular weight is 237 g/mol. The van der Waals surface area contributed by atoms with Crippen molar-refractivity contribution in [3.05, 3.63) is 21.2 Å². The maximum atomic E-state index is 5.37. The zero-order valence-corrected chi connectivity index (χ0v) is 7.31. The second-order valence-electron chi connectivity index (χ2n) is 1.86. The number of hydrogen-bond donors (Lipinski definition) is 1. The second kappa shape index (κ2) is 2.70. The predicted molar refractivity (Wildman–Crippen MR) is 44.1 cm³/mol. The topological polar surface area (TPSA) is 39.2 Å². The van der Waals surface area contributed by atoms with Crippen LogP contribution in [0.2, 0.25) is 0 Å². The molecule has 0 amide bonds. The molecule has 50 valence electrons. The molecule has 0 atom stereocenters. The van der Waals surface area contributed by atoms with Gasteiger partial charge in [-0.15, -0.1) is 0 Å². The van der Waals surface area contributed by atoms with Gasteiger partial charge in [0.25, 0.3) is 0 Å². The van der Waals surface area contributed by atoms with E-state index in [0.29, 0.717) is 6.54 Å². The van der Waals surface area contributed by atoms with Crippen LogP contribution in [0.15, 0.2) is 10.5 Å². The molecule has 9 heavy (non-hydrogen) atoms. The summed E-state index contributed by atoms with van der Waals surface area (Å²) >= 11 is 2.13. The summed E-state index contributed by atoms with van der Waals surface area (Å²) < 4.78 is 6.13. The molecule has 0 bridgehead atoms. The molecule has 0 aliphatic heterocycles. The summed E-state index contributed by atoms with van der Waals surface area (Å²) in [6, 6.07) is 1.97.